The number of allylic oxidation sites excluding steroid dienone is 1. The molecule has 1 fully saturated rings. The highest BCUT2D eigenvalue weighted by atomic mass is 16.5. The molecule has 1 aliphatic rings. The standard InChI is InChI=1S/C17H24N4O2/c1-4-5-21-10-14(8-18-21)9-20-11-15(17(12-20)22-3)7-16-6-13(2)19-23-16/h4,6,8,10,15,17H,1,5,7,9,11-12H2,2-3H3/t15-,17+/m1/s1. The Labute approximate surface area is 136 Å². The Balaban J connectivity index is 1.60. The quantitative estimate of drug-likeness (QED) is 0.732. The first-order chi connectivity index (χ1) is 11.2. The van der Waals surface area contributed by atoms with Crippen LogP contribution in [0.15, 0.2) is 35.6 Å². The summed E-state index contributed by atoms with van der Waals surface area (Å²) in [6, 6.07) is 2.01. The minimum atomic E-state index is 0.226. The van der Waals surface area contributed by atoms with Gasteiger partial charge in [0.2, 0.25) is 0 Å². The van der Waals surface area contributed by atoms with Crippen LogP contribution in [-0.4, -0.2) is 46.1 Å². The zero-order chi connectivity index (χ0) is 16.2. The molecule has 124 valence electrons. The zero-order valence-electron chi connectivity index (χ0n) is 13.8. The number of aryl methyl sites for hydroxylation is 1. The lowest BCUT2D eigenvalue weighted by Gasteiger charge is -2.14. The monoisotopic (exact) mass is 316 g/mol. The van der Waals surface area contributed by atoms with Gasteiger partial charge in [0.05, 0.1) is 24.5 Å². The van der Waals surface area contributed by atoms with E-state index < -0.39 is 0 Å². The highest BCUT2D eigenvalue weighted by Gasteiger charge is 2.33. The molecule has 0 amide bonds. The molecule has 3 rings (SSSR count). The van der Waals surface area contributed by atoms with Gasteiger partial charge in [-0.25, -0.2) is 0 Å². The molecule has 0 bridgehead atoms. The van der Waals surface area contributed by atoms with Gasteiger partial charge in [0, 0.05) is 56.9 Å². The highest BCUT2D eigenvalue weighted by Crippen LogP contribution is 2.25. The lowest BCUT2D eigenvalue weighted by molar-refractivity contribution is 0.0761. The Morgan fingerprint density at radius 3 is 3.04 bits per heavy atom. The summed E-state index contributed by atoms with van der Waals surface area (Å²) in [6.45, 7) is 9.24. The first-order valence-electron chi connectivity index (χ1n) is 7.97. The topological polar surface area (TPSA) is 56.3 Å². The van der Waals surface area contributed by atoms with E-state index in [4.69, 9.17) is 9.26 Å². The molecule has 23 heavy (non-hydrogen) atoms. The third-order valence-electron chi connectivity index (χ3n) is 4.31. The van der Waals surface area contributed by atoms with Crippen molar-refractivity contribution in [2.24, 2.45) is 5.92 Å². The minimum absolute atomic E-state index is 0.226. The van der Waals surface area contributed by atoms with Crippen molar-refractivity contribution in [2.45, 2.75) is 32.5 Å². The van der Waals surface area contributed by atoms with Crippen molar-refractivity contribution >= 4 is 0 Å². The van der Waals surface area contributed by atoms with Gasteiger partial charge in [0.15, 0.2) is 0 Å². The summed E-state index contributed by atoms with van der Waals surface area (Å²) in [7, 11) is 1.79. The summed E-state index contributed by atoms with van der Waals surface area (Å²) in [5, 5.41) is 8.31. The molecule has 0 N–H and O–H groups in total. The largest absolute Gasteiger partial charge is 0.380 e. The van der Waals surface area contributed by atoms with Crippen molar-refractivity contribution in [3.05, 3.63) is 48.1 Å². The Hall–Kier alpha value is -1.92. The summed E-state index contributed by atoms with van der Waals surface area (Å²) in [6.07, 6.45) is 6.95. The van der Waals surface area contributed by atoms with E-state index >= 15 is 0 Å². The first-order valence-corrected chi connectivity index (χ1v) is 7.97. The van der Waals surface area contributed by atoms with E-state index in [0.717, 1.165) is 44.1 Å². The highest BCUT2D eigenvalue weighted by molar-refractivity contribution is 5.08. The van der Waals surface area contributed by atoms with Crippen LogP contribution in [0.2, 0.25) is 0 Å². The fraction of sp³-hybridized carbons (Fsp3) is 0.529. The fourth-order valence-corrected chi connectivity index (χ4v) is 3.27. The summed E-state index contributed by atoms with van der Waals surface area (Å²) < 4.78 is 12.9. The number of rotatable bonds is 7. The molecule has 0 spiro atoms. The van der Waals surface area contributed by atoms with Gasteiger partial charge >= 0.3 is 0 Å². The average molecular weight is 316 g/mol. The van der Waals surface area contributed by atoms with E-state index in [1.54, 1.807) is 7.11 Å². The maximum atomic E-state index is 5.68. The van der Waals surface area contributed by atoms with Gasteiger partial charge < -0.3 is 9.26 Å². The summed E-state index contributed by atoms with van der Waals surface area (Å²) >= 11 is 0. The third-order valence-corrected chi connectivity index (χ3v) is 4.31. The molecule has 6 heteroatoms. The zero-order valence-corrected chi connectivity index (χ0v) is 13.8. The smallest absolute Gasteiger partial charge is 0.137 e. The number of hydrogen-bond acceptors (Lipinski definition) is 5. The van der Waals surface area contributed by atoms with Crippen LogP contribution >= 0.6 is 0 Å². The SMILES string of the molecule is C=CCn1cc(CN2C[C@@H](Cc3cc(C)no3)[C@@H](OC)C2)cn1. The van der Waals surface area contributed by atoms with E-state index in [0.29, 0.717) is 5.92 Å². The van der Waals surface area contributed by atoms with Crippen LogP contribution in [0.25, 0.3) is 0 Å². The van der Waals surface area contributed by atoms with Crippen LogP contribution < -0.4 is 0 Å². The second-order valence-electron chi connectivity index (χ2n) is 6.23. The van der Waals surface area contributed by atoms with E-state index in [1.165, 1.54) is 5.56 Å². The average Bonchev–Trinajstić information content (AvgIpc) is 3.22. The number of hydrogen-bond donors (Lipinski definition) is 0. The van der Waals surface area contributed by atoms with E-state index in [2.05, 4.69) is 27.9 Å². The maximum Gasteiger partial charge on any atom is 0.137 e. The molecule has 0 unspecified atom stereocenters. The lowest BCUT2D eigenvalue weighted by Crippen LogP contribution is -2.23. The molecule has 1 aliphatic heterocycles. The van der Waals surface area contributed by atoms with E-state index in [1.807, 2.05) is 29.9 Å². The number of nitrogens with zero attached hydrogens (tertiary/aromatic N) is 4. The Morgan fingerprint density at radius 1 is 1.48 bits per heavy atom. The van der Waals surface area contributed by atoms with Gasteiger partial charge in [0.1, 0.15) is 5.76 Å². The molecule has 0 aromatic carbocycles. The van der Waals surface area contributed by atoms with Crippen molar-refractivity contribution < 1.29 is 9.26 Å². The molecule has 0 aliphatic carbocycles. The van der Waals surface area contributed by atoms with Gasteiger partial charge in [-0.15, -0.1) is 6.58 Å². The summed E-state index contributed by atoms with van der Waals surface area (Å²) in [5.74, 6) is 1.37. The Bertz CT molecular complexity index is 649. The summed E-state index contributed by atoms with van der Waals surface area (Å²) in [4.78, 5) is 2.41. The molecule has 2 aromatic heterocycles. The summed E-state index contributed by atoms with van der Waals surface area (Å²) in [5.41, 5.74) is 2.15. The van der Waals surface area contributed by atoms with Crippen molar-refractivity contribution in [3.8, 4) is 0 Å². The van der Waals surface area contributed by atoms with Gasteiger partial charge in [-0.1, -0.05) is 11.2 Å². The van der Waals surface area contributed by atoms with Crippen molar-refractivity contribution in [3.63, 3.8) is 0 Å². The Morgan fingerprint density at radius 2 is 2.35 bits per heavy atom. The predicted molar refractivity (Wildman–Crippen MR) is 86.9 cm³/mol. The second kappa shape index (κ2) is 7.10. The van der Waals surface area contributed by atoms with E-state index in [-0.39, 0.29) is 6.10 Å². The molecular weight excluding hydrogens is 292 g/mol. The lowest BCUT2D eigenvalue weighted by atomic mass is 10.0. The first kappa shape index (κ1) is 16.0. The van der Waals surface area contributed by atoms with Crippen LogP contribution in [0, 0.1) is 12.8 Å². The molecule has 3 heterocycles. The third kappa shape index (κ3) is 3.89. The van der Waals surface area contributed by atoms with Crippen molar-refractivity contribution in [1.29, 1.82) is 0 Å². The predicted octanol–water partition coefficient (Wildman–Crippen LogP) is 2.06. The van der Waals surface area contributed by atoms with Gasteiger partial charge in [0.25, 0.3) is 0 Å². The van der Waals surface area contributed by atoms with Crippen LogP contribution in [-0.2, 0) is 24.2 Å². The van der Waals surface area contributed by atoms with Crippen LogP contribution in [0.5, 0.6) is 0 Å². The normalized spacial score (nSPS) is 21.8. The molecule has 0 saturated carbocycles. The molecule has 6 nitrogen and oxygen atoms in total. The van der Waals surface area contributed by atoms with Crippen LogP contribution in [0.4, 0.5) is 0 Å². The van der Waals surface area contributed by atoms with Crippen molar-refractivity contribution in [1.82, 2.24) is 19.8 Å². The molecule has 2 aromatic rings. The Kier molecular flexibility index (Phi) is 4.93. The van der Waals surface area contributed by atoms with Crippen LogP contribution in [0.1, 0.15) is 17.0 Å². The van der Waals surface area contributed by atoms with Crippen molar-refractivity contribution in [2.75, 3.05) is 20.2 Å². The van der Waals surface area contributed by atoms with Gasteiger partial charge in [-0.2, -0.15) is 5.10 Å². The second-order valence-corrected chi connectivity index (χ2v) is 6.23. The van der Waals surface area contributed by atoms with Crippen LogP contribution in [0.3, 0.4) is 0 Å². The number of ether oxygens (including phenoxy) is 1. The van der Waals surface area contributed by atoms with E-state index in [9.17, 15) is 0 Å². The number of aromatic nitrogens is 3. The molecule has 2 atom stereocenters. The maximum absolute atomic E-state index is 5.68. The number of likely N-dealkylation sites (tertiary alicyclic amines) is 1. The molecule has 0 radical (unpaired) electrons. The minimum Gasteiger partial charge on any atom is -0.380 e. The fourth-order valence-electron chi connectivity index (χ4n) is 3.27. The number of methoxy groups -OCH3 is 1. The van der Waals surface area contributed by atoms with Gasteiger partial charge in [-0.05, 0) is 6.92 Å². The van der Waals surface area contributed by atoms with Gasteiger partial charge in [-0.3, -0.25) is 9.58 Å². The molecule has 1 saturated heterocycles. The molecular formula is C17H24N4O2.